The lowest BCUT2D eigenvalue weighted by molar-refractivity contribution is -0.138. The van der Waals surface area contributed by atoms with E-state index in [9.17, 15) is 18.3 Å². The normalized spacial score (nSPS) is 13.0. The molecule has 1 unspecified atom stereocenters. The van der Waals surface area contributed by atoms with Crippen molar-refractivity contribution in [3.8, 4) is 0 Å². The number of sulfonamides is 1. The molecule has 21 heavy (non-hydrogen) atoms. The molecule has 0 aliphatic rings. The summed E-state index contributed by atoms with van der Waals surface area (Å²) in [4.78, 5) is 17.9. The number of carboxylic acid groups (broad SMARTS) is 1. The predicted octanol–water partition coefficient (Wildman–Crippen LogP) is 0.692. The Balaban J connectivity index is 2.24. The summed E-state index contributed by atoms with van der Waals surface area (Å²) in [6.45, 7) is 1.65. The van der Waals surface area contributed by atoms with Crippen molar-refractivity contribution in [3.05, 3.63) is 48.0 Å². The zero-order valence-electron chi connectivity index (χ0n) is 11.3. The van der Waals surface area contributed by atoms with Gasteiger partial charge < -0.3 is 10.1 Å². The maximum Gasteiger partial charge on any atom is 0.322 e. The molecule has 0 amide bonds. The molecule has 0 saturated carbocycles. The minimum atomic E-state index is -3.90. The van der Waals surface area contributed by atoms with Crippen LogP contribution in [-0.2, 0) is 21.2 Å². The van der Waals surface area contributed by atoms with Gasteiger partial charge in [-0.15, -0.1) is 0 Å². The highest BCUT2D eigenvalue weighted by Crippen LogP contribution is 2.15. The molecule has 0 aliphatic carbocycles. The van der Waals surface area contributed by atoms with Crippen LogP contribution in [0.2, 0.25) is 0 Å². The fourth-order valence-corrected chi connectivity index (χ4v) is 3.34. The van der Waals surface area contributed by atoms with Gasteiger partial charge in [0.2, 0.25) is 10.0 Å². The maximum absolute atomic E-state index is 12.3. The van der Waals surface area contributed by atoms with E-state index in [2.05, 4.69) is 14.7 Å². The van der Waals surface area contributed by atoms with Gasteiger partial charge in [0.15, 0.2) is 0 Å². The van der Waals surface area contributed by atoms with Crippen LogP contribution in [0, 0.1) is 6.92 Å². The smallest absolute Gasteiger partial charge is 0.322 e. The Morgan fingerprint density at radius 2 is 2.14 bits per heavy atom. The zero-order chi connectivity index (χ0) is 15.5. The third-order valence-electron chi connectivity index (χ3n) is 2.96. The van der Waals surface area contributed by atoms with Gasteiger partial charge in [0.05, 0.1) is 11.2 Å². The van der Waals surface area contributed by atoms with Crippen LogP contribution in [-0.4, -0.2) is 35.5 Å². The molecule has 0 aliphatic heterocycles. The average Bonchev–Trinajstić information content (AvgIpc) is 2.91. The lowest BCUT2D eigenvalue weighted by Gasteiger charge is -2.15. The molecule has 112 valence electrons. The van der Waals surface area contributed by atoms with Gasteiger partial charge in [-0.05, 0) is 18.6 Å². The average molecular weight is 309 g/mol. The van der Waals surface area contributed by atoms with Gasteiger partial charge >= 0.3 is 5.97 Å². The predicted molar refractivity (Wildman–Crippen MR) is 75.2 cm³/mol. The summed E-state index contributed by atoms with van der Waals surface area (Å²) in [6, 6.07) is 5.13. The number of benzene rings is 1. The van der Waals surface area contributed by atoms with Crippen molar-refractivity contribution in [3.63, 3.8) is 0 Å². The maximum atomic E-state index is 12.3. The molecule has 2 rings (SSSR count). The first-order chi connectivity index (χ1) is 9.90. The monoisotopic (exact) mass is 309 g/mol. The number of carboxylic acids is 1. The van der Waals surface area contributed by atoms with Crippen molar-refractivity contribution in [2.24, 2.45) is 0 Å². The number of H-pyrrole nitrogens is 1. The summed E-state index contributed by atoms with van der Waals surface area (Å²) in [5.41, 5.74) is 1.09. The SMILES string of the molecule is Cc1ccccc1S(=O)(=O)NC(Cc1cnc[nH]1)C(=O)O. The van der Waals surface area contributed by atoms with Gasteiger partial charge in [0.1, 0.15) is 6.04 Å². The quantitative estimate of drug-likeness (QED) is 0.727. The fourth-order valence-electron chi connectivity index (χ4n) is 1.90. The summed E-state index contributed by atoms with van der Waals surface area (Å²) in [7, 11) is -3.90. The molecule has 0 radical (unpaired) electrons. The molecule has 2 aromatic rings. The fraction of sp³-hybridized carbons (Fsp3) is 0.231. The van der Waals surface area contributed by atoms with Gasteiger partial charge in [0, 0.05) is 18.3 Å². The second kappa shape index (κ2) is 6.06. The molecule has 7 nitrogen and oxygen atoms in total. The molecular formula is C13H15N3O4S. The van der Waals surface area contributed by atoms with Crippen LogP contribution in [0.3, 0.4) is 0 Å². The number of aliphatic carboxylic acids is 1. The first kappa shape index (κ1) is 15.2. The summed E-state index contributed by atoms with van der Waals surface area (Å²) >= 11 is 0. The van der Waals surface area contributed by atoms with Crippen molar-refractivity contribution in [2.45, 2.75) is 24.3 Å². The number of nitrogens with one attached hydrogen (secondary N) is 2. The molecule has 3 N–H and O–H groups in total. The molecule has 0 fully saturated rings. The highest BCUT2D eigenvalue weighted by atomic mass is 32.2. The number of aromatic amines is 1. The highest BCUT2D eigenvalue weighted by molar-refractivity contribution is 7.89. The minimum absolute atomic E-state index is 0.0134. The number of rotatable bonds is 6. The van der Waals surface area contributed by atoms with Gasteiger partial charge in [-0.3, -0.25) is 4.79 Å². The number of hydrogen-bond donors (Lipinski definition) is 3. The number of aromatic nitrogens is 2. The second-order valence-electron chi connectivity index (χ2n) is 4.56. The van der Waals surface area contributed by atoms with Crippen LogP contribution in [0.5, 0.6) is 0 Å². The Labute approximate surface area is 122 Å². The summed E-state index contributed by atoms with van der Waals surface area (Å²) in [5.74, 6) is -1.25. The van der Waals surface area contributed by atoms with E-state index >= 15 is 0 Å². The van der Waals surface area contributed by atoms with E-state index in [-0.39, 0.29) is 11.3 Å². The molecule has 0 bridgehead atoms. The Bertz CT molecular complexity index is 726. The second-order valence-corrected chi connectivity index (χ2v) is 6.24. The molecule has 8 heteroatoms. The Morgan fingerprint density at radius 1 is 1.43 bits per heavy atom. The van der Waals surface area contributed by atoms with Crippen molar-refractivity contribution in [1.29, 1.82) is 0 Å². The molecule has 1 aromatic carbocycles. The number of aryl methyl sites for hydroxylation is 1. The Hall–Kier alpha value is -2.19. The summed E-state index contributed by atoms with van der Waals surface area (Å²) < 4.78 is 26.8. The molecule has 1 atom stereocenters. The molecule has 0 saturated heterocycles. The summed E-state index contributed by atoms with van der Waals surface area (Å²) in [5, 5.41) is 9.19. The van der Waals surface area contributed by atoms with Crippen molar-refractivity contribution >= 4 is 16.0 Å². The largest absolute Gasteiger partial charge is 0.480 e. The van der Waals surface area contributed by atoms with E-state index in [0.717, 1.165) is 0 Å². The molecule has 0 spiro atoms. The van der Waals surface area contributed by atoms with Crippen molar-refractivity contribution in [2.75, 3.05) is 0 Å². The first-order valence-corrected chi connectivity index (χ1v) is 7.66. The van der Waals surface area contributed by atoms with Crippen molar-refractivity contribution in [1.82, 2.24) is 14.7 Å². The van der Waals surface area contributed by atoms with Crippen molar-refractivity contribution < 1.29 is 18.3 Å². The Kier molecular flexibility index (Phi) is 4.39. The van der Waals surface area contributed by atoms with Crippen LogP contribution in [0.15, 0.2) is 41.7 Å². The van der Waals surface area contributed by atoms with E-state index in [1.165, 1.54) is 18.6 Å². The standard InChI is InChI=1S/C13H15N3O4S/c1-9-4-2-3-5-12(9)21(19,20)16-11(13(17)18)6-10-7-14-8-15-10/h2-5,7-8,11,16H,6H2,1H3,(H,14,15)(H,17,18). The van der Waals surface area contributed by atoms with Crippen LogP contribution >= 0.6 is 0 Å². The third kappa shape index (κ3) is 3.67. The third-order valence-corrected chi connectivity index (χ3v) is 4.59. The van der Waals surface area contributed by atoms with Crippen LogP contribution in [0.1, 0.15) is 11.3 Å². The van der Waals surface area contributed by atoms with E-state index < -0.39 is 22.0 Å². The molecule has 1 heterocycles. The minimum Gasteiger partial charge on any atom is -0.480 e. The van der Waals surface area contributed by atoms with Gasteiger partial charge in [-0.2, -0.15) is 4.72 Å². The van der Waals surface area contributed by atoms with E-state index in [1.807, 2.05) is 0 Å². The molecule has 1 aromatic heterocycles. The molecular weight excluding hydrogens is 294 g/mol. The lowest BCUT2D eigenvalue weighted by atomic mass is 10.2. The zero-order valence-corrected chi connectivity index (χ0v) is 12.1. The van der Waals surface area contributed by atoms with E-state index in [4.69, 9.17) is 0 Å². The van der Waals surface area contributed by atoms with Gasteiger partial charge in [-0.1, -0.05) is 18.2 Å². The van der Waals surface area contributed by atoms with E-state index in [1.54, 1.807) is 25.1 Å². The topological polar surface area (TPSA) is 112 Å². The van der Waals surface area contributed by atoms with Gasteiger partial charge in [-0.25, -0.2) is 13.4 Å². The van der Waals surface area contributed by atoms with Gasteiger partial charge in [0.25, 0.3) is 0 Å². The van der Waals surface area contributed by atoms with Crippen LogP contribution < -0.4 is 4.72 Å². The number of imidazole rings is 1. The number of nitrogens with zero attached hydrogens (tertiary/aromatic N) is 1. The summed E-state index contributed by atoms with van der Waals surface area (Å²) in [6.07, 6.45) is 2.85. The first-order valence-electron chi connectivity index (χ1n) is 6.18. The Morgan fingerprint density at radius 3 is 2.71 bits per heavy atom. The highest BCUT2D eigenvalue weighted by Gasteiger charge is 2.26. The van der Waals surface area contributed by atoms with E-state index in [0.29, 0.717) is 11.3 Å². The van der Waals surface area contributed by atoms with Crippen LogP contribution in [0.25, 0.3) is 0 Å². The van der Waals surface area contributed by atoms with Crippen LogP contribution in [0.4, 0.5) is 0 Å². The lowest BCUT2D eigenvalue weighted by Crippen LogP contribution is -2.42. The number of hydrogen-bond acceptors (Lipinski definition) is 4. The number of carbonyl (C=O) groups is 1.